The summed E-state index contributed by atoms with van der Waals surface area (Å²) in [6.45, 7) is 7.70. The van der Waals surface area contributed by atoms with Crippen LogP contribution in [0.15, 0.2) is 42.5 Å². The molecule has 3 heteroatoms. The van der Waals surface area contributed by atoms with Gasteiger partial charge >= 0.3 is 0 Å². The SMILES string of the molecule is CC(=Cn1c2c(c3cc(C)ccc31)C1CCN(C2)C1)c1ccc(F)cc1. The van der Waals surface area contributed by atoms with Gasteiger partial charge in [-0.25, -0.2) is 4.39 Å². The molecule has 3 heterocycles. The fourth-order valence-electron chi connectivity index (χ4n) is 4.68. The number of nitrogens with zero attached hydrogens (tertiary/aromatic N) is 2. The molecule has 0 radical (unpaired) electrons. The molecular formula is C23H23FN2. The number of allylic oxidation sites excluding steroid dienone is 1. The maximum atomic E-state index is 13.3. The van der Waals surface area contributed by atoms with Crippen LogP contribution in [0.3, 0.4) is 0 Å². The van der Waals surface area contributed by atoms with E-state index in [2.05, 4.69) is 47.7 Å². The molecule has 132 valence electrons. The minimum Gasteiger partial charge on any atom is -0.318 e. The van der Waals surface area contributed by atoms with Crippen LogP contribution in [0, 0.1) is 12.7 Å². The number of hydrogen-bond acceptors (Lipinski definition) is 1. The largest absolute Gasteiger partial charge is 0.318 e. The van der Waals surface area contributed by atoms with Gasteiger partial charge < -0.3 is 4.57 Å². The molecule has 2 aliphatic rings. The number of aryl methyl sites for hydroxylation is 1. The summed E-state index contributed by atoms with van der Waals surface area (Å²) in [6, 6.07) is 13.6. The lowest BCUT2D eigenvalue weighted by molar-refractivity contribution is 0.308. The molecule has 1 fully saturated rings. The summed E-state index contributed by atoms with van der Waals surface area (Å²) in [5, 5.41) is 1.41. The highest BCUT2D eigenvalue weighted by Crippen LogP contribution is 2.42. The first-order chi connectivity index (χ1) is 12.6. The molecule has 3 aromatic rings. The van der Waals surface area contributed by atoms with Gasteiger partial charge in [-0.15, -0.1) is 0 Å². The van der Waals surface area contributed by atoms with Crippen molar-refractivity contribution in [1.82, 2.24) is 9.47 Å². The molecule has 1 saturated heterocycles. The third-order valence-corrected chi connectivity index (χ3v) is 5.98. The number of benzene rings is 2. The summed E-state index contributed by atoms with van der Waals surface area (Å²) in [6.07, 6.45) is 3.50. The van der Waals surface area contributed by atoms with E-state index < -0.39 is 0 Å². The zero-order chi connectivity index (χ0) is 17.8. The predicted molar refractivity (Wildman–Crippen MR) is 106 cm³/mol. The smallest absolute Gasteiger partial charge is 0.123 e. The lowest BCUT2D eigenvalue weighted by Crippen LogP contribution is -2.25. The van der Waals surface area contributed by atoms with Crippen molar-refractivity contribution in [1.29, 1.82) is 0 Å². The van der Waals surface area contributed by atoms with E-state index in [0.29, 0.717) is 5.92 Å². The summed E-state index contributed by atoms with van der Waals surface area (Å²) in [5.41, 5.74) is 7.81. The topological polar surface area (TPSA) is 8.17 Å². The molecule has 2 atom stereocenters. The van der Waals surface area contributed by atoms with Gasteiger partial charge in [0.25, 0.3) is 0 Å². The van der Waals surface area contributed by atoms with Gasteiger partial charge in [-0.1, -0.05) is 23.8 Å². The molecule has 2 nitrogen and oxygen atoms in total. The van der Waals surface area contributed by atoms with Crippen LogP contribution in [-0.4, -0.2) is 22.6 Å². The van der Waals surface area contributed by atoms with Crippen LogP contribution in [-0.2, 0) is 6.54 Å². The van der Waals surface area contributed by atoms with Gasteiger partial charge in [0.15, 0.2) is 0 Å². The maximum Gasteiger partial charge on any atom is 0.123 e. The molecule has 2 aromatic carbocycles. The van der Waals surface area contributed by atoms with Crippen LogP contribution in [0.25, 0.3) is 22.7 Å². The zero-order valence-corrected chi connectivity index (χ0v) is 15.3. The van der Waals surface area contributed by atoms with E-state index in [9.17, 15) is 4.39 Å². The number of aromatic nitrogens is 1. The third-order valence-electron chi connectivity index (χ3n) is 5.98. The zero-order valence-electron chi connectivity index (χ0n) is 15.3. The van der Waals surface area contributed by atoms with E-state index in [4.69, 9.17) is 0 Å². The van der Waals surface area contributed by atoms with Crippen LogP contribution >= 0.6 is 0 Å². The molecular weight excluding hydrogens is 323 g/mol. The summed E-state index contributed by atoms with van der Waals surface area (Å²) in [5.74, 6) is 0.467. The van der Waals surface area contributed by atoms with E-state index in [1.807, 2.05) is 12.1 Å². The second-order valence-electron chi connectivity index (χ2n) is 7.79. The molecule has 0 spiro atoms. The van der Waals surface area contributed by atoms with E-state index >= 15 is 0 Å². The number of halogens is 1. The molecule has 26 heavy (non-hydrogen) atoms. The van der Waals surface area contributed by atoms with Crippen molar-refractivity contribution < 1.29 is 4.39 Å². The number of fused-ring (bicyclic) bond motifs is 6. The first-order valence-electron chi connectivity index (χ1n) is 9.40. The summed E-state index contributed by atoms with van der Waals surface area (Å²) in [7, 11) is 0. The van der Waals surface area contributed by atoms with Gasteiger partial charge in [0, 0.05) is 36.3 Å². The van der Waals surface area contributed by atoms with Crippen LogP contribution in [0.5, 0.6) is 0 Å². The van der Waals surface area contributed by atoms with Crippen molar-refractivity contribution >= 4 is 22.7 Å². The molecule has 0 aliphatic carbocycles. The van der Waals surface area contributed by atoms with Gasteiger partial charge in [0.2, 0.25) is 0 Å². The first kappa shape index (κ1) is 15.8. The normalized spacial score (nSPS) is 22.0. The van der Waals surface area contributed by atoms with Gasteiger partial charge in [-0.2, -0.15) is 0 Å². The molecule has 5 rings (SSSR count). The fourth-order valence-corrected chi connectivity index (χ4v) is 4.68. The first-order valence-corrected chi connectivity index (χ1v) is 9.40. The van der Waals surface area contributed by atoms with E-state index in [-0.39, 0.29) is 5.82 Å². The highest BCUT2D eigenvalue weighted by molar-refractivity contribution is 5.91. The van der Waals surface area contributed by atoms with Crippen molar-refractivity contribution in [2.24, 2.45) is 0 Å². The highest BCUT2D eigenvalue weighted by atomic mass is 19.1. The lowest BCUT2D eigenvalue weighted by atomic mass is 9.93. The second kappa shape index (κ2) is 5.82. The lowest BCUT2D eigenvalue weighted by Gasteiger charge is -2.24. The molecule has 2 unspecified atom stereocenters. The Bertz CT molecular complexity index is 1030. The van der Waals surface area contributed by atoms with Crippen LogP contribution in [0.4, 0.5) is 4.39 Å². The Kier molecular flexibility index (Phi) is 3.54. The third kappa shape index (κ3) is 2.42. The summed E-state index contributed by atoms with van der Waals surface area (Å²) in [4.78, 5) is 2.57. The molecule has 0 amide bonds. The Labute approximate surface area is 153 Å². The molecule has 0 N–H and O–H groups in total. The van der Waals surface area contributed by atoms with E-state index in [1.165, 1.54) is 53.8 Å². The molecule has 2 bridgehead atoms. The monoisotopic (exact) mass is 346 g/mol. The Hall–Kier alpha value is -2.39. The summed E-state index contributed by atoms with van der Waals surface area (Å²) >= 11 is 0. The van der Waals surface area contributed by atoms with E-state index in [0.717, 1.165) is 17.7 Å². The van der Waals surface area contributed by atoms with Gasteiger partial charge in [-0.3, -0.25) is 4.90 Å². The molecule has 2 aliphatic heterocycles. The average molecular weight is 346 g/mol. The Balaban J connectivity index is 1.72. The molecule has 0 saturated carbocycles. The van der Waals surface area contributed by atoms with Gasteiger partial charge in [0.05, 0.1) is 5.52 Å². The number of rotatable bonds is 2. The minimum absolute atomic E-state index is 0.190. The maximum absolute atomic E-state index is 13.3. The quantitative estimate of drug-likeness (QED) is 0.602. The van der Waals surface area contributed by atoms with Crippen LogP contribution in [0.2, 0.25) is 0 Å². The fraction of sp³-hybridized carbons (Fsp3) is 0.304. The van der Waals surface area contributed by atoms with Gasteiger partial charge in [-0.05, 0) is 67.8 Å². The van der Waals surface area contributed by atoms with E-state index in [1.54, 1.807) is 5.56 Å². The van der Waals surface area contributed by atoms with Crippen LogP contribution < -0.4 is 0 Å². The van der Waals surface area contributed by atoms with Crippen molar-refractivity contribution in [2.75, 3.05) is 13.1 Å². The van der Waals surface area contributed by atoms with Gasteiger partial charge in [0.1, 0.15) is 5.82 Å². The van der Waals surface area contributed by atoms with Crippen molar-refractivity contribution in [3.63, 3.8) is 0 Å². The van der Waals surface area contributed by atoms with Crippen molar-refractivity contribution in [3.8, 4) is 0 Å². The highest BCUT2D eigenvalue weighted by Gasteiger charge is 2.35. The molecule has 1 aromatic heterocycles. The second-order valence-corrected chi connectivity index (χ2v) is 7.79. The Morgan fingerprint density at radius 1 is 1.15 bits per heavy atom. The standard InChI is InChI=1S/C23H23FN2/c1-15-3-8-21-20(11-15)23-18-9-10-25(13-18)14-22(23)26(21)12-16(2)17-4-6-19(24)7-5-17/h3-8,11-12,18H,9-10,13-14H2,1-2H3. The number of hydrogen-bond donors (Lipinski definition) is 0. The van der Waals surface area contributed by atoms with Crippen molar-refractivity contribution in [2.45, 2.75) is 32.7 Å². The Morgan fingerprint density at radius 3 is 2.77 bits per heavy atom. The minimum atomic E-state index is -0.190. The average Bonchev–Trinajstić information content (AvgIpc) is 3.15. The van der Waals surface area contributed by atoms with Crippen LogP contribution in [0.1, 0.15) is 41.6 Å². The summed E-state index contributed by atoms with van der Waals surface area (Å²) < 4.78 is 15.6. The van der Waals surface area contributed by atoms with Crippen molar-refractivity contribution in [3.05, 3.63) is 70.7 Å². The Morgan fingerprint density at radius 2 is 1.96 bits per heavy atom. The predicted octanol–water partition coefficient (Wildman–Crippen LogP) is 5.41.